The van der Waals surface area contributed by atoms with Crippen molar-refractivity contribution in [3.63, 3.8) is 0 Å². The van der Waals surface area contributed by atoms with Gasteiger partial charge < -0.3 is 9.30 Å². The topological polar surface area (TPSA) is 43.2 Å². The van der Waals surface area contributed by atoms with Gasteiger partial charge in [0.25, 0.3) is 0 Å². The Morgan fingerprint density at radius 2 is 2.11 bits per heavy atom. The summed E-state index contributed by atoms with van der Waals surface area (Å²) in [5.74, 6) is 1.03. The summed E-state index contributed by atoms with van der Waals surface area (Å²) >= 11 is 0. The van der Waals surface area contributed by atoms with E-state index in [1.54, 1.807) is 0 Å². The normalized spacial score (nSPS) is 22.3. The van der Waals surface area contributed by atoms with Crippen LogP contribution in [0, 0.1) is 6.92 Å². The van der Waals surface area contributed by atoms with Gasteiger partial charge in [0.1, 0.15) is 18.0 Å². The molecule has 1 spiro atoms. The summed E-state index contributed by atoms with van der Waals surface area (Å²) in [5.41, 5.74) is 4.84. The molecule has 0 aliphatic carbocycles. The SMILES string of the molecule is Cc1cccc(-c2cnc3n2CC2(CCN(Cc4cccnc4)C2)OC3)c1. The van der Waals surface area contributed by atoms with E-state index in [9.17, 15) is 0 Å². The van der Waals surface area contributed by atoms with Gasteiger partial charge in [-0.2, -0.15) is 0 Å². The highest BCUT2D eigenvalue weighted by Gasteiger charge is 2.43. The fourth-order valence-corrected chi connectivity index (χ4v) is 4.35. The Morgan fingerprint density at radius 3 is 2.96 bits per heavy atom. The zero-order chi connectivity index (χ0) is 18.3. The van der Waals surface area contributed by atoms with E-state index in [1.807, 2.05) is 24.7 Å². The second-order valence-corrected chi connectivity index (χ2v) is 7.81. The molecule has 5 rings (SSSR count). The van der Waals surface area contributed by atoms with E-state index in [4.69, 9.17) is 4.74 Å². The van der Waals surface area contributed by atoms with Gasteiger partial charge in [0.05, 0.1) is 18.4 Å². The molecule has 27 heavy (non-hydrogen) atoms. The van der Waals surface area contributed by atoms with Crippen molar-refractivity contribution < 1.29 is 4.74 Å². The van der Waals surface area contributed by atoms with Crippen molar-refractivity contribution in [2.24, 2.45) is 0 Å². The third-order valence-corrected chi connectivity index (χ3v) is 5.73. The van der Waals surface area contributed by atoms with Crippen molar-refractivity contribution in [2.75, 3.05) is 13.1 Å². The number of ether oxygens (including phenoxy) is 1. The first-order valence-corrected chi connectivity index (χ1v) is 9.57. The first kappa shape index (κ1) is 16.7. The van der Waals surface area contributed by atoms with Crippen molar-refractivity contribution in [1.82, 2.24) is 19.4 Å². The lowest BCUT2D eigenvalue weighted by Crippen LogP contribution is -2.44. The number of benzene rings is 1. The van der Waals surface area contributed by atoms with Gasteiger partial charge in [-0.15, -0.1) is 0 Å². The molecule has 2 aliphatic rings. The smallest absolute Gasteiger partial charge is 0.135 e. The molecule has 4 heterocycles. The average Bonchev–Trinajstić information content (AvgIpc) is 3.27. The number of imidazole rings is 1. The van der Waals surface area contributed by atoms with E-state index in [1.165, 1.54) is 22.4 Å². The molecule has 1 fully saturated rings. The third kappa shape index (κ3) is 3.17. The Hall–Kier alpha value is -2.50. The molecule has 0 radical (unpaired) electrons. The summed E-state index contributed by atoms with van der Waals surface area (Å²) in [7, 11) is 0. The zero-order valence-electron chi connectivity index (χ0n) is 15.6. The Labute approximate surface area is 159 Å². The van der Waals surface area contributed by atoms with Gasteiger partial charge in [0, 0.05) is 37.6 Å². The number of pyridine rings is 1. The number of likely N-dealkylation sites (tertiary alicyclic amines) is 1. The van der Waals surface area contributed by atoms with Gasteiger partial charge >= 0.3 is 0 Å². The molecule has 138 valence electrons. The maximum Gasteiger partial charge on any atom is 0.135 e. The maximum absolute atomic E-state index is 6.35. The van der Waals surface area contributed by atoms with Crippen molar-refractivity contribution in [2.45, 2.75) is 38.6 Å². The number of hydrogen-bond donors (Lipinski definition) is 0. The molecule has 1 saturated heterocycles. The predicted molar refractivity (Wildman–Crippen MR) is 104 cm³/mol. The summed E-state index contributed by atoms with van der Waals surface area (Å²) in [4.78, 5) is 11.3. The molecule has 3 aromatic rings. The minimum absolute atomic E-state index is 0.117. The van der Waals surface area contributed by atoms with Gasteiger partial charge in [-0.3, -0.25) is 9.88 Å². The first-order chi connectivity index (χ1) is 13.2. The van der Waals surface area contributed by atoms with Gasteiger partial charge in [0.15, 0.2) is 0 Å². The fourth-order valence-electron chi connectivity index (χ4n) is 4.35. The Balaban J connectivity index is 1.37. The molecule has 1 unspecified atom stereocenters. The van der Waals surface area contributed by atoms with Crippen LogP contribution in [-0.2, 0) is 24.4 Å². The van der Waals surface area contributed by atoms with Crippen molar-refractivity contribution in [3.8, 4) is 11.3 Å². The van der Waals surface area contributed by atoms with Crippen LogP contribution < -0.4 is 0 Å². The van der Waals surface area contributed by atoms with Crippen LogP contribution in [0.3, 0.4) is 0 Å². The number of hydrogen-bond acceptors (Lipinski definition) is 4. The van der Waals surface area contributed by atoms with Crippen LogP contribution in [0.4, 0.5) is 0 Å². The molecular formula is C22H24N4O. The molecule has 1 aromatic carbocycles. The lowest BCUT2D eigenvalue weighted by molar-refractivity contribution is -0.0821. The molecule has 2 aromatic heterocycles. The molecule has 5 heteroatoms. The van der Waals surface area contributed by atoms with Crippen molar-refractivity contribution in [3.05, 3.63) is 71.9 Å². The van der Waals surface area contributed by atoms with Crippen LogP contribution in [0.15, 0.2) is 55.0 Å². The van der Waals surface area contributed by atoms with Crippen LogP contribution in [0.1, 0.15) is 23.4 Å². The Kier molecular flexibility index (Phi) is 4.06. The van der Waals surface area contributed by atoms with E-state index in [2.05, 4.69) is 56.7 Å². The first-order valence-electron chi connectivity index (χ1n) is 9.57. The molecule has 1 atom stereocenters. The highest BCUT2D eigenvalue weighted by Crippen LogP contribution is 2.35. The van der Waals surface area contributed by atoms with Gasteiger partial charge in [-0.25, -0.2) is 4.98 Å². The van der Waals surface area contributed by atoms with Crippen LogP contribution in [0.2, 0.25) is 0 Å². The summed E-state index contributed by atoms with van der Waals surface area (Å²) in [6, 6.07) is 12.8. The largest absolute Gasteiger partial charge is 0.364 e. The highest BCUT2D eigenvalue weighted by atomic mass is 16.5. The number of rotatable bonds is 3. The van der Waals surface area contributed by atoms with E-state index in [0.717, 1.165) is 38.4 Å². The van der Waals surface area contributed by atoms with Gasteiger partial charge in [-0.1, -0.05) is 29.8 Å². The van der Waals surface area contributed by atoms with Crippen LogP contribution in [0.25, 0.3) is 11.3 Å². The van der Waals surface area contributed by atoms with E-state index >= 15 is 0 Å². The molecule has 2 aliphatic heterocycles. The summed E-state index contributed by atoms with van der Waals surface area (Å²) in [6.07, 6.45) is 6.83. The van der Waals surface area contributed by atoms with E-state index < -0.39 is 0 Å². The monoisotopic (exact) mass is 360 g/mol. The number of fused-ring (bicyclic) bond motifs is 1. The maximum atomic E-state index is 6.35. The van der Waals surface area contributed by atoms with E-state index in [0.29, 0.717) is 6.61 Å². The van der Waals surface area contributed by atoms with Crippen LogP contribution in [0.5, 0.6) is 0 Å². The van der Waals surface area contributed by atoms with E-state index in [-0.39, 0.29) is 5.60 Å². The minimum Gasteiger partial charge on any atom is -0.364 e. The quantitative estimate of drug-likeness (QED) is 0.718. The minimum atomic E-state index is -0.117. The lowest BCUT2D eigenvalue weighted by atomic mass is 10.0. The third-order valence-electron chi connectivity index (χ3n) is 5.73. The predicted octanol–water partition coefficient (Wildman–Crippen LogP) is 3.43. The van der Waals surface area contributed by atoms with Gasteiger partial charge in [-0.05, 0) is 31.0 Å². The number of nitrogens with zero attached hydrogens (tertiary/aromatic N) is 4. The van der Waals surface area contributed by atoms with Gasteiger partial charge in [0.2, 0.25) is 0 Å². The van der Waals surface area contributed by atoms with Crippen LogP contribution in [-0.4, -0.2) is 38.1 Å². The summed E-state index contributed by atoms with van der Waals surface area (Å²) in [5, 5.41) is 0. The number of aromatic nitrogens is 3. The Bertz CT molecular complexity index is 952. The molecule has 0 amide bonds. The zero-order valence-corrected chi connectivity index (χ0v) is 15.6. The number of aryl methyl sites for hydroxylation is 1. The van der Waals surface area contributed by atoms with Crippen LogP contribution >= 0.6 is 0 Å². The summed E-state index contributed by atoms with van der Waals surface area (Å²) < 4.78 is 8.72. The highest BCUT2D eigenvalue weighted by molar-refractivity contribution is 5.60. The standard InChI is InChI=1S/C22H24N4O/c1-17-4-2-6-19(10-17)20-12-24-21-14-27-22(16-26(20)21)7-9-25(15-22)13-18-5-3-8-23-11-18/h2-6,8,10-12H,7,9,13-16H2,1H3. The molecule has 0 bridgehead atoms. The molecule has 0 N–H and O–H groups in total. The average molecular weight is 360 g/mol. The molecule has 5 nitrogen and oxygen atoms in total. The van der Waals surface area contributed by atoms with Crippen molar-refractivity contribution >= 4 is 0 Å². The fraction of sp³-hybridized carbons (Fsp3) is 0.364. The Morgan fingerprint density at radius 1 is 1.15 bits per heavy atom. The summed E-state index contributed by atoms with van der Waals surface area (Å²) in [6.45, 7) is 6.53. The lowest BCUT2D eigenvalue weighted by Gasteiger charge is -2.35. The molecule has 0 saturated carbocycles. The van der Waals surface area contributed by atoms with Crippen molar-refractivity contribution in [1.29, 1.82) is 0 Å². The second-order valence-electron chi connectivity index (χ2n) is 7.81. The second kappa shape index (κ2) is 6.59. The molecular weight excluding hydrogens is 336 g/mol.